The van der Waals surface area contributed by atoms with Crippen molar-refractivity contribution in [3.63, 3.8) is 0 Å². The Labute approximate surface area is 153 Å². The molecular weight excluding hydrogens is 366 g/mol. The summed E-state index contributed by atoms with van der Waals surface area (Å²) >= 11 is 6.09. The first-order valence-electron chi connectivity index (χ1n) is 7.93. The molecule has 0 aromatic heterocycles. The number of benzene rings is 1. The molecule has 0 aliphatic carbocycles. The Kier molecular flexibility index (Phi) is 6.29. The van der Waals surface area contributed by atoms with Gasteiger partial charge < -0.3 is 9.80 Å². The quantitative estimate of drug-likeness (QED) is 0.685. The molecule has 9 heteroatoms. The summed E-state index contributed by atoms with van der Waals surface area (Å²) in [6, 6.07) is 5.01. The van der Waals surface area contributed by atoms with Crippen LogP contribution in [0.25, 0.3) is 0 Å². The zero-order chi connectivity index (χ0) is 18.6. The fraction of sp³-hybridized carbons (Fsp3) is 0.500. The van der Waals surface area contributed by atoms with Gasteiger partial charge in [0.1, 0.15) is 0 Å². The highest BCUT2D eigenvalue weighted by atomic mass is 35.5. The highest BCUT2D eigenvalue weighted by molar-refractivity contribution is 7.92. The van der Waals surface area contributed by atoms with Crippen molar-refractivity contribution in [3.8, 4) is 0 Å². The molecule has 1 saturated heterocycles. The second-order valence-electron chi connectivity index (χ2n) is 6.04. The molecule has 1 heterocycles. The van der Waals surface area contributed by atoms with Crippen molar-refractivity contribution in [3.05, 3.63) is 28.8 Å². The Morgan fingerprint density at radius 3 is 2.44 bits per heavy atom. The molecule has 0 unspecified atom stereocenters. The lowest BCUT2D eigenvalue weighted by Gasteiger charge is -2.33. The SMILES string of the molecule is Cc1ccc(N(CCC(=O)N2CCN(C=O)CC2)S(C)(=O)=O)cc1Cl. The van der Waals surface area contributed by atoms with Crippen molar-refractivity contribution in [2.24, 2.45) is 0 Å². The minimum atomic E-state index is -3.54. The number of rotatable bonds is 6. The van der Waals surface area contributed by atoms with Crippen LogP contribution in [0, 0.1) is 6.92 Å². The number of hydrogen-bond acceptors (Lipinski definition) is 4. The smallest absolute Gasteiger partial charge is 0.232 e. The molecule has 0 atom stereocenters. The Morgan fingerprint density at radius 1 is 1.28 bits per heavy atom. The van der Waals surface area contributed by atoms with Gasteiger partial charge in [-0.15, -0.1) is 0 Å². The highest BCUT2D eigenvalue weighted by Crippen LogP contribution is 2.25. The van der Waals surface area contributed by atoms with Crippen LogP contribution in [0.15, 0.2) is 18.2 Å². The molecule has 0 spiro atoms. The molecule has 25 heavy (non-hydrogen) atoms. The van der Waals surface area contributed by atoms with Crippen LogP contribution in [0.1, 0.15) is 12.0 Å². The number of halogens is 1. The number of amides is 2. The molecule has 7 nitrogen and oxygen atoms in total. The van der Waals surface area contributed by atoms with Gasteiger partial charge >= 0.3 is 0 Å². The summed E-state index contributed by atoms with van der Waals surface area (Å²) in [6.07, 6.45) is 1.95. The van der Waals surface area contributed by atoms with Crippen LogP contribution in [0.3, 0.4) is 0 Å². The number of carbonyl (C=O) groups excluding carboxylic acids is 2. The molecule has 1 aromatic rings. The van der Waals surface area contributed by atoms with E-state index >= 15 is 0 Å². The summed E-state index contributed by atoms with van der Waals surface area (Å²) in [5, 5.41) is 0.475. The van der Waals surface area contributed by atoms with Crippen molar-refractivity contribution in [2.45, 2.75) is 13.3 Å². The fourth-order valence-corrected chi connectivity index (χ4v) is 3.75. The lowest BCUT2D eigenvalue weighted by atomic mass is 10.2. The molecule has 0 radical (unpaired) electrons. The van der Waals surface area contributed by atoms with E-state index in [1.165, 1.54) is 4.31 Å². The third kappa shape index (κ3) is 5.09. The lowest BCUT2D eigenvalue weighted by Crippen LogP contribution is -2.48. The third-order valence-corrected chi connectivity index (χ3v) is 5.79. The second-order valence-corrected chi connectivity index (χ2v) is 8.35. The number of aryl methyl sites for hydroxylation is 1. The zero-order valence-corrected chi connectivity index (χ0v) is 15.9. The summed E-state index contributed by atoms with van der Waals surface area (Å²) in [7, 11) is -3.54. The standard InChI is InChI=1S/C16H22ClN3O4S/c1-13-3-4-14(11-15(13)17)20(25(2,23)24)6-5-16(22)19-9-7-18(12-21)8-10-19/h3-4,11-12H,5-10H2,1-2H3. The van der Waals surface area contributed by atoms with Crippen molar-refractivity contribution >= 4 is 39.6 Å². The molecule has 0 N–H and O–H groups in total. The summed E-state index contributed by atoms with van der Waals surface area (Å²) in [5.74, 6) is -0.127. The van der Waals surface area contributed by atoms with Gasteiger partial charge in [-0.25, -0.2) is 8.42 Å². The van der Waals surface area contributed by atoms with Gasteiger partial charge in [0.05, 0.1) is 11.9 Å². The number of anilines is 1. The second kappa shape index (κ2) is 8.05. The molecule has 1 aromatic carbocycles. The maximum absolute atomic E-state index is 12.3. The molecule has 0 bridgehead atoms. The normalized spacial score (nSPS) is 15.2. The molecule has 138 valence electrons. The van der Waals surface area contributed by atoms with Crippen molar-refractivity contribution in [1.29, 1.82) is 0 Å². The molecule has 2 amide bonds. The average molecular weight is 388 g/mol. The Morgan fingerprint density at radius 2 is 1.92 bits per heavy atom. The number of sulfonamides is 1. The van der Waals surface area contributed by atoms with E-state index in [2.05, 4.69) is 0 Å². The van der Waals surface area contributed by atoms with Crippen molar-refractivity contribution in [1.82, 2.24) is 9.80 Å². The van der Waals surface area contributed by atoms with E-state index < -0.39 is 10.0 Å². The van der Waals surface area contributed by atoms with E-state index in [0.29, 0.717) is 36.9 Å². The Hall–Kier alpha value is -1.80. The minimum Gasteiger partial charge on any atom is -0.342 e. The van der Waals surface area contributed by atoms with Gasteiger partial charge in [-0.2, -0.15) is 0 Å². The van der Waals surface area contributed by atoms with Gasteiger partial charge in [0.15, 0.2) is 0 Å². The van der Waals surface area contributed by atoms with Crippen LogP contribution in [0.5, 0.6) is 0 Å². The van der Waals surface area contributed by atoms with E-state index in [1.807, 2.05) is 6.92 Å². The number of hydrogen-bond donors (Lipinski definition) is 0. The Balaban J connectivity index is 2.04. The molecule has 1 fully saturated rings. The van der Waals surface area contributed by atoms with Gasteiger partial charge in [0, 0.05) is 44.2 Å². The number of carbonyl (C=O) groups is 2. The summed E-state index contributed by atoms with van der Waals surface area (Å²) in [5.41, 5.74) is 1.29. The summed E-state index contributed by atoms with van der Waals surface area (Å²) in [4.78, 5) is 26.3. The molecular formula is C16H22ClN3O4S. The van der Waals surface area contributed by atoms with Crippen molar-refractivity contribution < 1.29 is 18.0 Å². The van der Waals surface area contributed by atoms with Gasteiger partial charge in [-0.1, -0.05) is 17.7 Å². The van der Waals surface area contributed by atoms with Gasteiger partial charge in [-0.3, -0.25) is 13.9 Å². The first-order chi connectivity index (χ1) is 11.7. The highest BCUT2D eigenvalue weighted by Gasteiger charge is 2.23. The van der Waals surface area contributed by atoms with E-state index in [0.717, 1.165) is 18.2 Å². The predicted molar refractivity (Wildman–Crippen MR) is 97.2 cm³/mol. The van der Waals surface area contributed by atoms with Crippen LogP contribution in [0.2, 0.25) is 5.02 Å². The van der Waals surface area contributed by atoms with Crippen LogP contribution >= 0.6 is 11.6 Å². The van der Waals surface area contributed by atoms with Crippen LogP contribution in [0.4, 0.5) is 5.69 Å². The fourth-order valence-electron chi connectivity index (χ4n) is 2.66. The van der Waals surface area contributed by atoms with Crippen LogP contribution in [-0.2, 0) is 19.6 Å². The zero-order valence-electron chi connectivity index (χ0n) is 14.3. The first kappa shape index (κ1) is 19.5. The molecule has 2 rings (SSSR count). The lowest BCUT2D eigenvalue weighted by molar-refractivity contribution is -0.134. The number of nitrogens with zero attached hydrogens (tertiary/aromatic N) is 3. The van der Waals surface area contributed by atoms with Crippen molar-refractivity contribution in [2.75, 3.05) is 43.3 Å². The molecule has 1 aliphatic rings. The van der Waals surface area contributed by atoms with E-state index in [4.69, 9.17) is 11.6 Å². The van der Waals surface area contributed by atoms with Crippen LogP contribution < -0.4 is 4.31 Å². The molecule has 1 aliphatic heterocycles. The topological polar surface area (TPSA) is 78.0 Å². The first-order valence-corrected chi connectivity index (χ1v) is 10.2. The van der Waals surface area contributed by atoms with E-state index in [-0.39, 0.29) is 18.9 Å². The van der Waals surface area contributed by atoms with E-state index in [9.17, 15) is 18.0 Å². The van der Waals surface area contributed by atoms with Gasteiger partial charge in [0.2, 0.25) is 22.3 Å². The number of piperazine rings is 1. The summed E-state index contributed by atoms with van der Waals surface area (Å²) in [6.45, 7) is 3.81. The summed E-state index contributed by atoms with van der Waals surface area (Å²) < 4.78 is 25.4. The van der Waals surface area contributed by atoms with Gasteiger partial charge in [0.25, 0.3) is 0 Å². The van der Waals surface area contributed by atoms with Crippen LogP contribution in [-0.4, -0.2) is 69.5 Å². The third-order valence-electron chi connectivity index (χ3n) is 4.19. The molecule has 0 saturated carbocycles. The Bertz CT molecular complexity index is 746. The van der Waals surface area contributed by atoms with Gasteiger partial charge in [-0.05, 0) is 24.6 Å². The average Bonchev–Trinajstić information content (AvgIpc) is 2.57. The van der Waals surface area contributed by atoms with E-state index in [1.54, 1.807) is 28.0 Å². The predicted octanol–water partition coefficient (Wildman–Crippen LogP) is 1.11. The monoisotopic (exact) mass is 387 g/mol. The maximum Gasteiger partial charge on any atom is 0.232 e. The minimum absolute atomic E-state index is 0.0466. The maximum atomic E-state index is 12.3. The largest absolute Gasteiger partial charge is 0.342 e.